The van der Waals surface area contributed by atoms with Gasteiger partial charge in [0.1, 0.15) is 10.7 Å². The van der Waals surface area contributed by atoms with Crippen LogP contribution in [0.1, 0.15) is 15.5 Å². The number of rotatable bonds is 3. The van der Waals surface area contributed by atoms with Gasteiger partial charge < -0.3 is 5.11 Å². The quantitative estimate of drug-likeness (QED) is 0.917. The van der Waals surface area contributed by atoms with Gasteiger partial charge in [-0.1, -0.05) is 11.8 Å². The molecule has 15 heavy (non-hydrogen) atoms. The van der Waals surface area contributed by atoms with Crippen LogP contribution in [0.25, 0.3) is 0 Å². The molecular formula is C8H6N2O2S3. The van der Waals surface area contributed by atoms with Gasteiger partial charge in [0.05, 0.1) is 0 Å². The lowest BCUT2D eigenvalue weighted by Crippen LogP contribution is -1.89. The van der Waals surface area contributed by atoms with Crippen molar-refractivity contribution in [1.29, 1.82) is 0 Å². The summed E-state index contributed by atoms with van der Waals surface area (Å²) in [5.41, 5.74) is 0. The second-order valence-corrected chi connectivity index (χ2v) is 5.65. The van der Waals surface area contributed by atoms with Gasteiger partial charge in [-0.15, -0.1) is 11.3 Å². The average Bonchev–Trinajstić information content (AvgIpc) is 2.76. The van der Waals surface area contributed by atoms with E-state index in [1.807, 2.05) is 12.3 Å². The van der Waals surface area contributed by atoms with Gasteiger partial charge in [0.2, 0.25) is 0 Å². The van der Waals surface area contributed by atoms with Crippen molar-refractivity contribution in [3.05, 3.63) is 22.1 Å². The first-order valence-electron chi connectivity index (χ1n) is 3.95. The predicted molar refractivity (Wildman–Crippen MR) is 60.0 cm³/mol. The first kappa shape index (κ1) is 10.6. The van der Waals surface area contributed by atoms with Crippen LogP contribution in [0.4, 0.5) is 0 Å². The lowest BCUT2D eigenvalue weighted by atomic mass is 10.5. The fourth-order valence-electron chi connectivity index (χ4n) is 0.905. The Hall–Kier alpha value is -0.920. The molecule has 7 heteroatoms. The van der Waals surface area contributed by atoms with E-state index >= 15 is 0 Å². The molecule has 78 valence electrons. The summed E-state index contributed by atoms with van der Waals surface area (Å²) in [4.78, 5) is 16.1. The largest absolute Gasteiger partial charge is 0.477 e. The van der Waals surface area contributed by atoms with Crippen LogP contribution in [0.15, 0.2) is 20.7 Å². The number of carboxylic acid groups (broad SMARTS) is 1. The minimum Gasteiger partial charge on any atom is -0.477 e. The molecular weight excluding hydrogens is 252 g/mol. The summed E-state index contributed by atoms with van der Waals surface area (Å²) in [6.45, 7) is 1.83. The molecule has 0 saturated carbocycles. The minimum absolute atomic E-state index is 0.346. The van der Waals surface area contributed by atoms with Gasteiger partial charge in [0.15, 0.2) is 4.34 Å². The van der Waals surface area contributed by atoms with Crippen LogP contribution in [0.2, 0.25) is 0 Å². The van der Waals surface area contributed by atoms with E-state index in [2.05, 4.69) is 9.36 Å². The van der Waals surface area contributed by atoms with Crippen molar-refractivity contribution < 1.29 is 9.90 Å². The molecule has 1 N–H and O–H groups in total. The zero-order valence-electron chi connectivity index (χ0n) is 7.63. The van der Waals surface area contributed by atoms with Crippen molar-refractivity contribution in [1.82, 2.24) is 9.36 Å². The Morgan fingerprint density at radius 2 is 2.40 bits per heavy atom. The van der Waals surface area contributed by atoms with Crippen LogP contribution in [-0.2, 0) is 0 Å². The van der Waals surface area contributed by atoms with Crippen LogP contribution in [0, 0.1) is 6.92 Å². The van der Waals surface area contributed by atoms with Crippen LogP contribution in [-0.4, -0.2) is 20.4 Å². The Morgan fingerprint density at radius 3 is 2.93 bits per heavy atom. The highest BCUT2D eigenvalue weighted by Gasteiger charge is 2.09. The molecule has 0 aromatic carbocycles. The number of carboxylic acids is 1. The topological polar surface area (TPSA) is 63.1 Å². The predicted octanol–water partition coefficient (Wildman–Crippen LogP) is 2.76. The maximum Gasteiger partial charge on any atom is 0.345 e. The fourth-order valence-corrected chi connectivity index (χ4v) is 3.45. The second-order valence-electron chi connectivity index (χ2n) is 2.66. The molecule has 4 nitrogen and oxygen atoms in total. The number of hydrogen-bond donors (Lipinski definition) is 1. The number of aryl methyl sites for hydroxylation is 1. The average molecular weight is 258 g/mol. The fraction of sp³-hybridized carbons (Fsp3) is 0.125. The van der Waals surface area contributed by atoms with Gasteiger partial charge in [0, 0.05) is 10.3 Å². The zero-order chi connectivity index (χ0) is 10.8. The first-order chi connectivity index (χ1) is 7.15. The highest BCUT2D eigenvalue weighted by molar-refractivity contribution is 8.01. The number of aromatic carboxylic acids is 1. The molecule has 0 atom stereocenters. The zero-order valence-corrected chi connectivity index (χ0v) is 10.1. The van der Waals surface area contributed by atoms with Crippen molar-refractivity contribution in [2.24, 2.45) is 0 Å². The number of thiophene rings is 1. The smallest absolute Gasteiger partial charge is 0.345 e. The molecule has 0 fully saturated rings. The van der Waals surface area contributed by atoms with Crippen molar-refractivity contribution in [2.75, 3.05) is 0 Å². The monoisotopic (exact) mass is 258 g/mol. The molecule has 0 aliphatic heterocycles. The lowest BCUT2D eigenvalue weighted by Gasteiger charge is -1.88. The number of aromatic nitrogens is 2. The summed E-state index contributed by atoms with van der Waals surface area (Å²) in [6.07, 6.45) is 0. The molecule has 2 aromatic rings. The molecule has 0 radical (unpaired) electrons. The molecule has 0 spiro atoms. The van der Waals surface area contributed by atoms with Crippen molar-refractivity contribution in [3.63, 3.8) is 0 Å². The van der Waals surface area contributed by atoms with E-state index in [9.17, 15) is 4.79 Å². The maximum atomic E-state index is 10.6. The summed E-state index contributed by atoms with van der Waals surface area (Å²) in [5.74, 6) is -0.142. The molecule has 0 bridgehead atoms. The number of carbonyl (C=O) groups is 1. The lowest BCUT2D eigenvalue weighted by molar-refractivity contribution is 0.0702. The standard InChI is InChI=1S/C8H6N2O2S3/c1-4-9-8(15-10-4)14-5-2-6(7(11)12)13-3-5/h2-3H,1H3,(H,11,12). The van der Waals surface area contributed by atoms with Crippen molar-refractivity contribution >= 4 is 40.6 Å². The SMILES string of the molecule is Cc1nsc(Sc2csc(C(=O)O)c2)n1. The molecule has 0 unspecified atom stereocenters. The van der Waals surface area contributed by atoms with Gasteiger partial charge in [-0.3, -0.25) is 0 Å². The molecule has 0 saturated heterocycles. The summed E-state index contributed by atoms with van der Waals surface area (Å²) < 4.78 is 4.89. The van der Waals surface area contributed by atoms with Crippen LogP contribution in [0.3, 0.4) is 0 Å². The minimum atomic E-state index is -0.889. The Bertz CT molecular complexity index is 492. The molecule has 2 rings (SSSR count). The van der Waals surface area contributed by atoms with Gasteiger partial charge >= 0.3 is 5.97 Å². The Morgan fingerprint density at radius 1 is 1.60 bits per heavy atom. The van der Waals surface area contributed by atoms with E-state index in [0.717, 1.165) is 15.1 Å². The van der Waals surface area contributed by atoms with E-state index in [0.29, 0.717) is 4.88 Å². The molecule has 0 amide bonds. The highest BCUT2D eigenvalue weighted by atomic mass is 32.2. The summed E-state index contributed by atoms with van der Waals surface area (Å²) in [5, 5.41) is 10.6. The van der Waals surface area contributed by atoms with Gasteiger partial charge in [-0.2, -0.15) is 4.37 Å². The Kier molecular flexibility index (Phi) is 3.03. The molecule has 2 heterocycles. The highest BCUT2D eigenvalue weighted by Crippen LogP contribution is 2.32. The summed E-state index contributed by atoms with van der Waals surface area (Å²) in [7, 11) is 0. The molecule has 0 aliphatic carbocycles. The third-order valence-electron chi connectivity index (χ3n) is 1.50. The summed E-state index contributed by atoms with van der Waals surface area (Å²) >= 11 is 3.98. The van der Waals surface area contributed by atoms with Crippen LogP contribution in [0.5, 0.6) is 0 Å². The van der Waals surface area contributed by atoms with Crippen molar-refractivity contribution in [3.8, 4) is 0 Å². The van der Waals surface area contributed by atoms with E-state index in [-0.39, 0.29) is 0 Å². The van der Waals surface area contributed by atoms with Gasteiger partial charge in [-0.25, -0.2) is 9.78 Å². The third-order valence-corrected chi connectivity index (χ3v) is 4.38. The third kappa shape index (κ3) is 2.55. The van der Waals surface area contributed by atoms with Crippen LogP contribution >= 0.6 is 34.6 Å². The van der Waals surface area contributed by atoms with E-state index in [1.165, 1.54) is 34.6 Å². The van der Waals surface area contributed by atoms with E-state index < -0.39 is 5.97 Å². The number of nitrogens with zero attached hydrogens (tertiary/aromatic N) is 2. The van der Waals surface area contributed by atoms with Gasteiger partial charge in [0.25, 0.3) is 0 Å². The van der Waals surface area contributed by atoms with E-state index in [1.54, 1.807) is 6.07 Å². The second kappa shape index (κ2) is 4.30. The maximum absolute atomic E-state index is 10.6. The van der Waals surface area contributed by atoms with Crippen LogP contribution < -0.4 is 0 Å². The Balaban J connectivity index is 2.14. The van der Waals surface area contributed by atoms with E-state index in [4.69, 9.17) is 5.11 Å². The number of hydrogen-bond acceptors (Lipinski definition) is 6. The molecule has 0 aliphatic rings. The normalized spacial score (nSPS) is 10.5. The Labute approximate surface area is 98.2 Å². The first-order valence-corrected chi connectivity index (χ1v) is 6.42. The molecule has 2 aromatic heterocycles. The summed E-state index contributed by atoms with van der Waals surface area (Å²) in [6, 6.07) is 1.65. The van der Waals surface area contributed by atoms with Crippen molar-refractivity contribution in [2.45, 2.75) is 16.2 Å². The van der Waals surface area contributed by atoms with Gasteiger partial charge in [-0.05, 0) is 24.5 Å².